The number of cyclic esters (lactones) is 1. The molecule has 54 heavy (non-hydrogen) atoms. The van der Waals surface area contributed by atoms with Crippen LogP contribution in [0.15, 0.2) is 12.2 Å². The first kappa shape index (κ1) is 48.6. The normalized spacial score (nSPS) is 25.8. The van der Waals surface area contributed by atoms with E-state index in [-0.39, 0.29) is 50.6 Å². The molecule has 10 heteroatoms. The monoisotopic (exact) mass is 829 g/mol. The summed E-state index contributed by atoms with van der Waals surface area (Å²) < 4.78 is 33.7. The topological polar surface area (TPSA) is 63.2 Å². The number of carbonyl (C=O) groups is 1. The molecule has 0 aromatic carbocycles. The van der Waals surface area contributed by atoms with E-state index in [1.54, 1.807) is 6.08 Å². The lowest BCUT2D eigenvalue weighted by molar-refractivity contribution is -0.303. The number of thioether (sulfide) groups is 2. The third-order valence-corrected chi connectivity index (χ3v) is 25.1. The molecule has 0 unspecified atom stereocenters. The zero-order chi connectivity index (χ0) is 40.3. The molecule has 2 saturated heterocycles. The molecule has 3 rings (SSSR count). The summed E-state index contributed by atoms with van der Waals surface area (Å²) >= 11 is 4.11. The molecular formula is C44H84O6S2Si2. The van der Waals surface area contributed by atoms with Gasteiger partial charge in [-0.15, -0.1) is 23.5 Å². The van der Waals surface area contributed by atoms with E-state index in [1.807, 2.05) is 6.08 Å². The fourth-order valence-electron chi connectivity index (χ4n) is 7.57. The van der Waals surface area contributed by atoms with Gasteiger partial charge in [-0.3, -0.25) is 0 Å². The molecule has 0 amide bonds. The standard InChI is InChI=1S/C44H84O6S2Si2/c1-14-15-16-17-18-19-20-21-22-23-24-26-35-31-36(48-43(8,9)47-35)32-37(49-53(10,11)41(2,3)4)33-44(51-29-25-30-52-44)34-39-38(27-28-40(45)46-39)50-54(12,13)42(5,6)7/h27-28,35-39H,14-26,29-34H2,1-13H3/t35-,36-,37-,38-,39-/m1/s1. The summed E-state index contributed by atoms with van der Waals surface area (Å²) in [7, 11) is -4.23. The minimum atomic E-state index is -2.12. The molecule has 3 aliphatic rings. The van der Waals surface area contributed by atoms with Crippen molar-refractivity contribution in [3.05, 3.63) is 12.2 Å². The molecule has 0 N–H and O–H groups in total. The van der Waals surface area contributed by atoms with Gasteiger partial charge in [0, 0.05) is 25.0 Å². The highest BCUT2D eigenvalue weighted by atomic mass is 32.2. The first-order valence-electron chi connectivity index (χ1n) is 21.9. The molecule has 0 aromatic heterocycles. The second-order valence-corrected chi connectivity index (χ2v) is 32.9. The van der Waals surface area contributed by atoms with Crippen molar-refractivity contribution in [1.82, 2.24) is 0 Å². The highest BCUT2D eigenvalue weighted by Gasteiger charge is 2.48. The van der Waals surface area contributed by atoms with Crippen molar-refractivity contribution in [2.24, 2.45) is 0 Å². The number of hydrogen-bond acceptors (Lipinski definition) is 8. The lowest BCUT2D eigenvalue weighted by atomic mass is 9.95. The molecule has 0 aliphatic carbocycles. The number of carbonyl (C=O) groups excluding carboxylic acids is 1. The highest BCUT2D eigenvalue weighted by Crippen LogP contribution is 2.52. The zero-order valence-electron chi connectivity index (χ0n) is 37.2. The van der Waals surface area contributed by atoms with Crippen molar-refractivity contribution in [2.75, 3.05) is 11.5 Å². The molecule has 6 nitrogen and oxygen atoms in total. The molecule has 0 saturated carbocycles. The van der Waals surface area contributed by atoms with E-state index < -0.39 is 22.4 Å². The smallest absolute Gasteiger partial charge is 0.330 e. The Hall–Kier alpha value is 0.184. The van der Waals surface area contributed by atoms with Crippen molar-refractivity contribution in [1.29, 1.82) is 0 Å². The van der Waals surface area contributed by atoms with Crippen molar-refractivity contribution in [2.45, 2.75) is 248 Å². The Morgan fingerprint density at radius 1 is 0.815 bits per heavy atom. The Morgan fingerprint density at radius 3 is 1.91 bits per heavy atom. The van der Waals surface area contributed by atoms with Crippen molar-refractivity contribution in [3.63, 3.8) is 0 Å². The van der Waals surface area contributed by atoms with Crippen LogP contribution in [0.1, 0.15) is 171 Å². The maximum absolute atomic E-state index is 12.8. The van der Waals surface area contributed by atoms with Gasteiger partial charge in [0.1, 0.15) is 12.2 Å². The summed E-state index contributed by atoms with van der Waals surface area (Å²) in [6, 6.07) is 0. The molecule has 5 atom stereocenters. The summed E-state index contributed by atoms with van der Waals surface area (Å²) in [5, 5.41) is 0.147. The second kappa shape index (κ2) is 21.4. The first-order chi connectivity index (χ1) is 25.1. The Balaban J connectivity index is 1.73. The van der Waals surface area contributed by atoms with E-state index in [9.17, 15) is 4.79 Å². The third kappa shape index (κ3) is 16.1. The Morgan fingerprint density at radius 2 is 1.35 bits per heavy atom. The van der Waals surface area contributed by atoms with Crippen LogP contribution < -0.4 is 0 Å². The number of ether oxygens (including phenoxy) is 3. The summed E-state index contributed by atoms with van der Waals surface area (Å²) in [5.41, 5.74) is 0. The van der Waals surface area contributed by atoms with E-state index >= 15 is 0 Å². The Bertz CT molecular complexity index is 1140. The number of unbranched alkanes of at least 4 members (excludes halogenated alkanes) is 10. The van der Waals surface area contributed by atoms with Gasteiger partial charge in [-0.2, -0.15) is 0 Å². The first-order valence-corrected chi connectivity index (χ1v) is 29.7. The molecule has 3 heterocycles. The Labute approximate surface area is 344 Å². The van der Waals surface area contributed by atoms with E-state index in [0.717, 1.165) is 43.6 Å². The van der Waals surface area contributed by atoms with Crippen LogP contribution in [0.4, 0.5) is 0 Å². The van der Waals surface area contributed by atoms with Crippen molar-refractivity contribution >= 4 is 46.1 Å². The quantitative estimate of drug-likeness (QED) is 0.0607. The third-order valence-electron chi connectivity index (χ3n) is 12.7. The second-order valence-electron chi connectivity index (χ2n) is 20.2. The van der Waals surface area contributed by atoms with Gasteiger partial charge in [0.15, 0.2) is 22.4 Å². The average molecular weight is 829 g/mol. The molecule has 0 spiro atoms. The minimum absolute atomic E-state index is 0.0279. The van der Waals surface area contributed by atoms with Crippen LogP contribution in [0.25, 0.3) is 0 Å². The van der Waals surface area contributed by atoms with E-state index in [1.165, 1.54) is 77.0 Å². The maximum atomic E-state index is 12.8. The fraction of sp³-hybridized carbons (Fsp3) is 0.932. The van der Waals surface area contributed by atoms with E-state index in [0.29, 0.717) is 0 Å². The zero-order valence-corrected chi connectivity index (χ0v) is 40.9. The van der Waals surface area contributed by atoms with E-state index in [4.69, 9.17) is 23.1 Å². The summed E-state index contributed by atoms with van der Waals surface area (Å²) in [5.74, 6) is 1.33. The SMILES string of the molecule is CCCCCCCCCCCCC[C@@H]1C[C@H](C[C@H](CC2(C[C@H]3OC(=O)C=C[C@H]3O[Si](C)(C)C(C)(C)C)SCCCS2)O[Si](C)(C)C(C)(C)C)OC(C)(C)O1. The predicted molar refractivity (Wildman–Crippen MR) is 239 cm³/mol. The lowest BCUT2D eigenvalue weighted by Gasteiger charge is -2.47. The molecule has 3 aliphatic heterocycles. The predicted octanol–water partition coefficient (Wildman–Crippen LogP) is 13.6. The molecule has 316 valence electrons. The average Bonchev–Trinajstić information content (AvgIpc) is 3.03. The van der Waals surface area contributed by atoms with Gasteiger partial charge in [0.2, 0.25) is 0 Å². The van der Waals surface area contributed by atoms with Crippen LogP contribution in [0.2, 0.25) is 36.3 Å². The van der Waals surface area contributed by atoms with Gasteiger partial charge in [-0.25, -0.2) is 4.79 Å². The van der Waals surface area contributed by atoms with Crippen molar-refractivity contribution < 1.29 is 27.9 Å². The minimum Gasteiger partial charge on any atom is -0.456 e. The molecule has 2 fully saturated rings. The van der Waals surface area contributed by atoms with Gasteiger partial charge < -0.3 is 23.1 Å². The molecule has 0 radical (unpaired) electrons. The largest absolute Gasteiger partial charge is 0.456 e. The van der Waals surface area contributed by atoms with Crippen LogP contribution in [-0.2, 0) is 27.9 Å². The molecule has 0 bridgehead atoms. The highest BCUT2D eigenvalue weighted by molar-refractivity contribution is 8.18. The lowest BCUT2D eigenvalue weighted by Crippen LogP contribution is -2.51. The summed E-state index contributed by atoms with van der Waals surface area (Å²) in [6.45, 7) is 29.6. The van der Waals surface area contributed by atoms with Crippen molar-refractivity contribution in [3.8, 4) is 0 Å². The van der Waals surface area contributed by atoms with Crippen LogP contribution >= 0.6 is 23.5 Å². The van der Waals surface area contributed by atoms with Crippen LogP contribution in [0.5, 0.6) is 0 Å². The van der Waals surface area contributed by atoms with E-state index in [2.05, 4.69) is 112 Å². The summed E-state index contributed by atoms with van der Waals surface area (Å²) in [6.07, 6.45) is 23.9. The molecular weight excluding hydrogens is 745 g/mol. The van der Waals surface area contributed by atoms with Gasteiger partial charge in [0.25, 0.3) is 0 Å². The van der Waals surface area contributed by atoms with Crippen LogP contribution in [0.3, 0.4) is 0 Å². The fourth-order valence-corrected chi connectivity index (χ4v) is 13.7. The number of rotatable bonds is 22. The number of hydrogen-bond donors (Lipinski definition) is 0. The van der Waals surface area contributed by atoms with Crippen LogP contribution in [0, 0.1) is 0 Å². The summed E-state index contributed by atoms with van der Waals surface area (Å²) in [4.78, 5) is 12.8. The van der Waals surface area contributed by atoms with Gasteiger partial charge in [-0.1, -0.05) is 119 Å². The van der Waals surface area contributed by atoms with Gasteiger partial charge in [-0.05, 0) is 93.4 Å². The van der Waals surface area contributed by atoms with Gasteiger partial charge >= 0.3 is 5.97 Å². The van der Waals surface area contributed by atoms with Gasteiger partial charge in [0.05, 0.1) is 16.3 Å². The number of esters is 1. The molecule has 0 aromatic rings. The van der Waals surface area contributed by atoms with Crippen LogP contribution in [-0.4, -0.2) is 74.5 Å². The Kier molecular flexibility index (Phi) is 19.3. The maximum Gasteiger partial charge on any atom is 0.330 e.